The topological polar surface area (TPSA) is 144 Å². The Morgan fingerprint density at radius 1 is 0.818 bits per heavy atom. The summed E-state index contributed by atoms with van der Waals surface area (Å²) in [5, 5.41) is 26.9. The lowest BCUT2D eigenvalue weighted by Crippen LogP contribution is -2.42. The zero-order valence-corrected chi connectivity index (χ0v) is 18.4. The highest BCUT2D eigenvalue weighted by Gasteiger charge is 2.15. The van der Waals surface area contributed by atoms with Crippen LogP contribution < -0.4 is 16.0 Å². The number of benzene rings is 2. The number of nitrogens with zero attached hydrogens (tertiary/aromatic N) is 2. The van der Waals surface area contributed by atoms with Crippen LogP contribution in [0, 0.1) is 0 Å². The minimum Gasteiger partial charge on any atom is -0.465 e. The first-order valence-electron chi connectivity index (χ1n) is 10.3. The van der Waals surface area contributed by atoms with Crippen LogP contribution in [0.4, 0.5) is 9.59 Å². The van der Waals surface area contributed by atoms with Crippen molar-refractivity contribution in [2.45, 2.75) is 0 Å². The van der Waals surface area contributed by atoms with E-state index in [9.17, 15) is 14.4 Å². The summed E-state index contributed by atoms with van der Waals surface area (Å²) in [4.78, 5) is 40.7. The molecule has 0 aliphatic heterocycles. The molecule has 3 aromatic rings. The van der Waals surface area contributed by atoms with Crippen molar-refractivity contribution in [2.24, 2.45) is 0 Å². The number of carbonyl (C=O) groups is 3. The number of aromatic nitrogens is 1. The van der Waals surface area contributed by atoms with Crippen molar-refractivity contribution in [3.05, 3.63) is 53.1 Å². The number of halogens is 1. The van der Waals surface area contributed by atoms with Gasteiger partial charge in [0.25, 0.3) is 5.91 Å². The predicted octanol–water partition coefficient (Wildman–Crippen LogP) is 2.61. The molecule has 2 aromatic carbocycles. The third-order valence-electron chi connectivity index (χ3n) is 5.01. The first-order chi connectivity index (χ1) is 15.9. The van der Waals surface area contributed by atoms with E-state index in [1.54, 1.807) is 12.1 Å². The summed E-state index contributed by atoms with van der Waals surface area (Å²) < 4.78 is 0. The van der Waals surface area contributed by atoms with Gasteiger partial charge in [-0.15, -0.1) is 0 Å². The first kappa shape index (κ1) is 24.0. The van der Waals surface area contributed by atoms with E-state index in [1.807, 2.05) is 35.2 Å². The molecular formula is C22H24ClN5O5. The molecule has 1 aromatic heterocycles. The molecule has 0 atom stereocenters. The van der Waals surface area contributed by atoms with Crippen molar-refractivity contribution in [2.75, 3.05) is 39.3 Å². The van der Waals surface area contributed by atoms with E-state index in [0.29, 0.717) is 46.6 Å². The average molecular weight is 474 g/mol. The number of nitrogens with one attached hydrogen (secondary N) is 3. The lowest BCUT2D eigenvalue weighted by Gasteiger charge is -2.22. The van der Waals surface area contributed by atoms with E-state index < -0.39 is 12.2 Å². The average Bonchev–Trinajstić information content (AvgIpc) is 2.78. The Labute approximate surface area is 194 Å². The van der Waals surface area contributed by atoms with Gasteiger partial charge >= 0.3 is 12.2 Å². The molecular weight excluding hydrogens is 450 g/mol. The van der Waals surface area contributed by atoms with E-state index >= 15 is 0 Å². The van der Waals surface area contributed by atoms with Crippen molar-refractivity contribution in [3.63, 3.8) is 0 Å². The van der Waals surface area contributed by atoms with Crippen LogP contribution in [0.3, 0.4) is 0 Å². The van der Waals surface area contributed by atoms with Crippen LogP contribution in [0.15, 0.2) is 42.5 Å². The van der Waals surface area contributed by atoms with Gasteiger partial charge in [0.1, 0.15) is 0 Å². The van der Waals surface area contributed by atoms with Crippen LogP contribution in [0.25, 0.3) is 21.8 Å². The van der Waals surface area contributed by atoms with Gasteiger partial charge in [0, 0.05) is 50.0 Å². The van der Waals surface area contributed by atoms with Crippen LogP contribution in [-0.2, 0) is 0 Å². The molecule has 0 fully saturated rings. The molecule has 0 aliphatic rings. The molecule has 11 heteroatoms. The predicted molar refractivity (Wildman–Crippen MR) is 125 cm³/mol. The van der Waals surface area contributed by atoms with E-state index in [2.05, 4.69) is 20.9 Å². The number of fused-ring (bicyclic) bond motifs is 2. The molecule has 3 amide bonds. The number of amides is 3. The molecule has 0 spiro atoms. The summed E-state index contributed by atoms with van der Waals surface area (Å²) in [6.45, 7) is 1.75. The van der Waals surface area contributed by atoms with Gasteiger partial charge in [-0.25, -0.2) is 14.6 Å². The maximum absolute atomic E-state index is 12.9. The van der Waals surface area contributed by atoms with Crippen LogP contribution in [0.5, 0.6) is 0 Å². The van der Waals surface area contributed by atoms with Gasteiger partial charge in [0.05, 0.1) is 21.6 Å². The van der Waals surface area contributed by atoms with Crippen molar-refractivity contribution >= 4 is 51.5 Å². The Morgan fingerprint density at radius 2 is 1.39 bits per heavy atom. The van der Waals surface area contributed by atoms with Gasteiger partial charge in [-0.2, -0.15) is 0 Å². The highest BCUT2D eigenvalue weighted by Crippen LogP contribution is 2.31. The summed E-state index contributed by atoms with van der Waals surface area (Å²) >= 11 is 6.56. The fourth-order valence-electron chi connectivity index (χ4n) is 3.45. The Bertz CT molecular complexity index is 1150. The number of hydrogen-bond donors (Lipinski definition) is 5. The third kappa shape index (κ3) is 6.43. The quantitative estimate of drug-likeness (QED) is 0.285. The number of hydrogen-bond acceptors (Lipinski definition) is 5. The summed E-state index contributed by atoms with van der Waals surface area (Å²) in [6.07, 6.45) is -2.27. The number of para-hydroxylation sites is 2. The second-order valence-corrected chi connectivity index (χ2v) is 7.58. The molecule has 3 rings (SSSR count). The molecule has 0 saturated heterocycles. The second-order valence-electron chi connectivity index (χ2n) is 7.21. The largest absolute Gasteiger partial charge is 0.465 e. The molecule has 1 heterocycles. The number of pyridine rings is 1. The SMILES string of the molecule is O=C(O)NCCN(CCNC(=O)O)CCNC(=O)c1cccc2c(Cl)c3ccccc3nc12. The van der Waals surface area contributed by atoms with Crippen molar-refractivity contribution < 1.29 is 24.6 Å². The highest BCUT2D eigenvalue weighted by molar-refractivity contribution is 6.40. The Balaban J connectivity index is 1.68. The molecule has 10 nitrogen and oxygen atoms in total. The smallest absolute Gasteiger partial charge is 0.404 e. The fourth-order valence-corrected chi connectivity index (χ4v) is 3.76. The zero-order valence-electron chi connectivity index (χ0n) is 17.7. The highest BCUT2D eigenvalue weighted by atomic mass is 35.5. The van der Waals surface area contributed by atoms with E-state index in [-0.39, 0.29) is 25.5 Å². The van der Waals surface area contributed by atoms with Crippen LogP contribution in [0.2, 0.25) is 5.02 Å². The van der Waals surface area contributed by atoms with Gasteiger partial charge in [-0.1, -0.05) is 41.9 Å². The first-order valence-corrected chi connectivity index (χ1v) is 10.7. The van der Waals surface area contributed by atoms with Gasteiger partial charge < -0.3 is 26.2 Å². The van der Waals surface area contributed by atoms with Crippen molar-refractivity contribution in [1.29, 1.82) is 0 Å². The van der Waals surface area contributed by atoms with Crippen LogP contribution >= 0.6 is 11.6 Å². The van der Waals surface area contributed by atoms with Crippen molar-refractivity contribution in [1.82, 2.24) is 25.8 Å². The van der Waals surface area contributed by atoms with E-state index in [4.69, 9.17) is 21.8 Å². The lowest BCUT2D eigenvalue weighted by atomic mass is 10.1. The molecule has 0 bridgehead atoms. The Kier molecular flexibility index (Phi) is 8.22. The molecule has 0 unspecified atom stereocenters. The fraction of sp³-hybridized carbons (Fsp3) is 0.273. The minimum absolute atomic E-state index is 0.176. The maximum Gasteiger partial charge on any atom is 0.404 e. The normalized spacial score (nSPS) is 11.0. The zero-order chi connectivity index (χ0) is 23.8. The molecule has 0 saturated carbocycles. The molecule has 174 valence electrons. The minimum atomic E-state index is -1.14. The summed E-state index contributed by atoms with van der Waals surface area (Å²) in [5.74, 6) is -0.313. The molecule has 0 aliphatic carbocycles. The van der Waals surface area contributed by atoms with Gasteiger partial charge in [-0.05, 0) is 12.1 Å². The van der Waals surface area contributed by atoms with E-state index in [0.717, 1.165) is 5.39 Å². The Morgan fingerprint density at radius 3 is 2.03 bits per heavy atom. The third-order valence-corrected chi connectivity index (χ3v) is 5.42. The number of carbonyl (C=O) groups excluding carboxylic acids is 1. The summed E-state index contributed by atoms with van der Waals surface area (Å²) in [6, 6.07) is 12.7. The van der Waals surface area contributed by atoms with Crippen LogP contribution in [-0.4, -0.2) is 77.5 Å². The standard InChI is InChI=1S/C22H24ClN5O5/c23-18-14-4-1-2-7-17(14)27-19-15(18)5-3-6-16(19)20(29)24-8-11-28(12-9-25-21(30)31)13-10-26-22(32)33/h1-7,25-26H,8-13H2,(H,24,29)(H,30,31)(H,32,33). The van der Waals surface area contributed by atoms with E-state index in [1.165, 1.54) is 0 Å². The Hall–Kier alpha value is -3.63. The maximum atomic E-state index is 12.9. The van der Waals surface area contributed by atoms with Crippen LogP contribution in [0.1, 0.15) is 10.4 Å². The second kappa shape index (κ2) is 11.3. The van der Waals surface area contributed by atoms with Crippen molar-refractivity contribution in [3.8, 4) is 0 Å². The number of rotatable bonds is 10. The van der Waals surface area contributed by atoms with Gasteiger partial charge in [-0.3, -0.25) is 9.69 Å². The lowest BCUT2D eigenvalue weighted by molar-refractivity contribution is 0.0950. The molecule has 5 N–H and O–H groups in total. The summed E-state index contributed by atoms with van der Waals surface area (Å²) in [5.41, 5.74) is 1.59. The molecule has 33 heavy (non-hydrogen) atoms. The van der Waals surface area contributed by atoms with Gasteiger partial charge in [0.15, 0.2) is 0 Å². The monoisotopic (exact) mass is 473 g/mol. The molecule has 0 radical (unpaired) electrons. The number of carboxylic acid groups (broad SMARTS) is 2. The van der Waals surface area contributed by atoms with Gasteiger partial charge in [0.2, 0.25) is 0 Å². The summed E-state index contributed by atoms with van der Waals surface area (Å²) in [7, 11) is 0.